The van der Waals surface area contributed by atoms with Crippen molar-refractivity contribution < 1.29 is 9.50 Å². The van der Waals surface area contributed by atoms with Crippen LogP contribution in [-0.2, 0) is 0 Å². The monoisotopic (exact) mass is 399 g/mol. The van der Waals surface area contributed by atoms with Crippen LogP contribution in [0.25, 0.3) is 10.9 Å². The van der Waals surface area contributed by atoms with Crippen molar-refractivity contribution in [2.75, 3.05) is 18.0 Å². The maximum absolute atomic E-state index is 13.7. The van der Waals surface area contributed by atoms with Gasteiger partial charge in [-0.3, -0.25) is 5.41 Å². The summed E-state index contributed by atoms with van der Waals surface area (Å²) in [6.07, 6.45) is 6.44. The lowest BCUT2D eigenvalue weighted by Crippen LogP contribution is -2.46. The zero-order valence-corrected chi connectivity index (χ0v) is 16.9. The fraction of sp³-hybridized carbons (Fsp3) is 0.545. The van der Waals surface area contributed by atoms with Gasteiger partial charge in [0.25, 0.3) is 0 Å². The smallest absolute Gasteiger partial charge is 0.140 e. The van der Waals surface area contributed by atoms with Crippen molar-refractivity contribution in [1.82, 2.24) is 15.6 Å². The highest BCUT2D eigenvalue weighted by Crippen LogP contribution is 2.28. The first-order chi connectivity index (χ1) is 14.0. The highest BCUT2D eigenvalue weighted by atomic mass is 19.1. The standard InChI is InChI=1S/C22H30FN5O/c1-14(29)25-21(24)19-12-15-6-7-16(23)13-20(15)27-22(19)28-10-8-18(9-11-28)26-17-4-2-3-5-17/h6-7,12-14,17-18,26,29H,2-5,8-11H2,1H3,(H2,24,25). The second kappa shape index (κ2) is 8.63. The minimum absolute atomic E-state index is 0.125. The van der Waals surface area contributed by atoms with E-state index in [1.165, 1.54) is 37.8 Å². The SMILES string of the molecule is CC(O)NC(=N)c1cc2ccc(F)cc2nc1N1CCC(NC2CCCC2)CC1. The Labute approximate surface area is 171 Å². The summed E-state index contributed by atoms with van der Waals surface area (Å²) in [5.74, 6) is 0.487. The number of halogens is 1. The fourth-order valence-electron chi connectivity index (χ4n) is 4.53. The molecule has 1 aliphatic carbocycles. The van der Waals surface area contributed by atoms with Crippen LogP contribution in [0, 0.1) is 11.2 Å². The Balaban J connectivity index is 1.56. The van der Waals surface area contributed by atoms with Gasteiger partial charge in [-0.1, -0.05) is 12.8 Å². The Morgan fingerprint density at radius 3 is 2.55 bits per heavy atom. The number of fused-ring (bicyclic) bond motifs is 1. The first-order valence-electron chi connectivity index (χ1n) is 10.6. The molecule has 1 atom stereocenters. The van der Waals surface area contributed by atoms with Gasteiger partial charge in [0, 0.05) is 36.6 Å². The average Bonchev–Trinajstić information content (AvgIpc) is 3.20. The second-order valence-corrected chi connectivity index (χ2v) is 8.30. The Morgan fingerprint density at radius 1 is 1.17 bits per heavy atom. The molecule has 2 fully saturated rings. The van der Waals surface area contributed by atoms with Crippen LogP contribution >= 0.6 is 0 Å². The van der Waals surface area contributed by atoms with Gasteiger partial charge < -0.3 is 20.6 Å². The summed E-state index contributed by atoms with van der Waals surface area (Å²) < 4.78 is 13.7. The fourth-order valence-corrected chi connectivity index (χ4v) is 4.53. The molecule has 1 unspecified atom stereocenters. The zero-order chi connectivity index (χ0) is 20.4. The number of hydrogen-bond acceptors (Lipinski definition) is 5. The number of anilines is 1. The number of nitrogens with one attached hydrogen (secondary N) is 3. The molecule has 2 aromatic rings. The number of rotatable bonds is 5. The van der Waals surface area contributed by atoms with Gasteiger partial charge in [-0.15, -0.1) is 0 Å². The minimum atomic E-state index is -0.833. The summed E-state index contributed by atoms with van der Waals surface area (Å²) in [4.78, 5) is 6.90. The summed E-state index contributed by atoms with van der Waals surface area (Å²) in [5, 5.41) is 25.4. The molecule has 1 aromatic heterocycles. The van der Waals surface area contributed by atoms with E-state index in [0.29, 0.717) is 29.0 Å². The number of nitrogens with zero attached hydrogens (tertiary/aromatic N) is 2. The number of aliphatic hydroxyl groups excluding tert-OH is 1. The molecule has 4 N–H and O–H groups in total. The first-order valence-corrected chi connectivity index (χ1v) is 10.6. The number of pyridine rings is 1. The minimum Gasteiger partial charge on any atom is -0.374 e. The number of piperidine rings is 1. The molecule has 6 nitrogen and oxygen atoms in total. The molecule has 2 aliphatic rings. The Morgan fingerprint density at radius 2 is 1.86 bits per heavy atom. The Bertz CT molecular complexity index is 873. The van der Waals surface area contributed by atoms with Crippen molar-refractivity contribution >= 4 is 22.6 Å². The molecule has 0 bridgehead atoms. The largest absolute Gasteiger partial charge is 0.374 e. The van der Waals surface area contributed by atoms with E-state index in [1.54, 1.807) is 13.0 Å². The van der Waals surface area contributed by atoms with E-state index in [0.717, 1.165) is 31.3 Å². The summed E-state index contributed by atoms with van der Waals surface area (Å²) in [6.45, 7) is 3.26. The molecule has 1 saturated heterocycles. The third kappa shape index (κ3) is 4.67. The number of amidine groups is 1. The lowest BCUT2D eigenvalue weighted by Gasteiger charge is -2.35. The van der Waals surface area contributed by atoms with Crippen LogP contribution in [0.2, 0.25) is 0 Å². The van der Waals surface area contributed by atoms with Gasteiger partial charge in [0.05, 0.1) is 11.1 Å². The van der Waals surface area contributed by atoms with Gasteiger partial charge in [-0.25, -0.2) is 9.37 Å². The van der Waals surface area contributed by atoms with E-state index in [9.17, 15) is 9.50 Å². The Hall–Kier alpha value is -2.25. The summed E-state index contributed by atoms with van der Waals surface area (Å²) in [5.41, 5.74) is 1.21. The van der Waals surface area contributed by atoms with E-state index < -0.39 is 6.23 Å². The highest BCUT2D eigenvalue weighted by Gasteiger charge is 2.26. The Kier molecular flexibility index (Phi) is 5.96. The van der Waals surface area contributed by atoms with Crippen LogP contribution in [0.3, 0.4) is 0 Å². The summed E-state index contributed by atoms with van der Waals surface area (Å²) in [7, 11) is 0. The van der Waals surface area contributed by atoms with Crippen LogP contribution in [0.5, 0.6) is 0 Å². The van der Waals surface area contributed by atoms with Crippen LogP contribution in [0.1, 0.15) is 51.0 Å². The van der Waals surface area contributed by atoms with Crippen molar-refractivity contribution in [3.63, 3.8) is 0 Å². The second-order valence-electron chi connectivity index (χ2n) is 8.30. The molecule has 0 radical (unpaired) electrons. The highest BCUT2D eigenvalue weighted by molar-refractivity contribution is 6.04. The maximum Gasteiger partial charge on any atom is 0.140 e. The summed E-state index contributed by atoms with van der Waals surface area (Å²) >= 11 is 0. The predicted molar refractivity (Wildman–Crippen MR) is 114 cm³/mol. The van der Waals surface area contributed by atoms with E-state index >= 15 is 0 Å². The lowest BCUT2D eigenvalue weighted by molar-refractivity contribution is 0.180. The van der Waals surface area contributed by atoms with E-state index in [4.69, 9.17) is 10.4 Å². The van der Waals surface area contributed by atoms with Crippen LogP contribution in [0.4, 0.5) is 10.2 Å². The van der Waals surface area contributed by atoms with Crippen LogP contribution in [0.15, 0.2) is 24.3 Å². The molecule has 1 aromatic carbocycles. The molecule has 1 aliphatic heterocycles. The number of aromatic nitrogens is 1. The van der Waals surface area contributed by atoms with Gasteiger partial charge in [-0.05, 0) is 50.8 Å². The quantitative estimate of drug-likeness (QED) is 0.353. The molecule has 156 valence electrons. The van der Waals surface area contributed by atoms with Crippen LogP contribution in [-0.4, -0.2) is 47.3 Å². The van der Waals surface area contributed by atoms with Crippen molar-refractivity contribution in [2.24, 2.45) is 0 Å². The van der Waals surface area contributed by atoms with Gasteiger partial charge in [-0.2, -0.15) is 0 Å². The zero-order valence-electron chi connectivity index (χ0n) is 16.9. The van der Waals surface area contributed by atoms with Gasteiger partial charge in [0.15, 0.2) is 0 Å². The molecule has 29 heavy (non-hydrogen) atoms. The molecule has 7 heteroatoms. The summed E-state index contributed by atoms with van der Waals surface area (Å²) in [6, 6.07) is 7.55. The third-order valence-corrected chi connectivity index (χ3v) is 6.00. The van der Waals surface area contributed by atoms with Gasteiger partial charge >= 0.3 is 0 Å². The number of benzene rings is 1. The van der Waals surface area contributed by atoms with E-state index in [2.05, 4.69) is 15.5 Å². The lowest BCUT2D eigenvalue weighted by atomic mass is 10.0. The van der Waals surface area contributed by atoms with E-state index in [1.807, 2.05) is 6.07 Å². The predicted octanol–water partition coefficient (Wildman–Crippen LogP) is 3.13. The number of hydrogen-bond donors (Lipinski definition) is 4. The van der Waals surface area contributed by atoms with Crippen LogP contribution < -0.4 is 15.5 Å². The molecule has 4 rings (SSSR count). The molecule has 2 heterocycles. The van der Waals surface area contributed by atoms with Gasteiger partial charge in [0.2, 0.25) is 0 Å². The van der Waals surface area contributed by atoms with Crippen molar-refractivity contribution in [3.05, 3.63) is 35.6 Å². The van der Waals surface area contributed by atoms with Crippen molar-refractivity contribution in [3.8, 4) is 0 Å². The molecule has 1 saturated carbocycles. The number of aliphatic hydroxyl groups is 1. The first kappa shape index (κ1) is 20.0. The molecule has 0 amide bonds. The maximum atomic E-state index is 13.7. The van der Waals surface area contributed by atoms with Crippen molar-refractivity contribution in [1.29, 1.82) is 5.41 Å². The normalized spacial score (nSPS) is 19.6. The molecule has 0 spiro atoms. The molecular weight excluding hydrogens is 369 g/mol. The van der Waals surface area contributed by atoms with Crippen molar-refractivity contribution in [2.45, 2.75) is 63.8 Å². The average molecular weight is 400 g/mol. The van der Waals surface area contributed by atoms with E-state index in [-0.39, 0.29) is 11.7 Å². The topological polar surface area (TPSA) is 84.3 Å². The molecular formula is C22H30FN5O. The van der Waals surface area contributed by atoms with Gasteiger partial charge in [0.1, 0.15) is 23.7 Å². The third-order valence-electron chi connectivity index (χ3n) is 6.00.